The third kappa shape index (κ3) is 6.63. The zero-order valence-electron chi connectivity index (χ0n) is 26.0. The summed E-state index contributed by atoms with van der Waals surface area (Å²) in [6, 6.07) is 6.62. The average molecular weight is 714 g/mol. The van der Waals surface area contributed by atoms with E-state index in [1.807, 2.05) is 0 Å². The standard InChI is InChI=1S/C31H27N3O15S/c1-13(35)47-10-16-12-50-30-31(46-2,29(45)34(30)24(16)27(42)43)33-26(41)23(14-3-5-17(6-4-14)48-11-22(38)39)32-25(40)18-7-15-8-19(36)20(37)9-21(15)49-28(18)44/h3-9,23,30,36-37H,10-12H2,1-2H3,(H,32,40)(H,33,41)(H,38,39)(H,42,43)/t23?,30-,31+/m1/s1. The number of thioether (sulfide) groups is 1. The van der Waals surface area contributed by atoms with Gasteiger partial charge in [-0.15, -0.1) is 11.8 Å². The van der Waals surface area contributed by atoms with Crippen LogP contribution in [0.5, 0.6) is 17.2 Å². The molecule has 19 heteroatoms. The summed E-state index contributed by atoms with van der Waals surface area (Å²) in [4.78, 5) is 89.2. The van der Waals surface area contributed by atoms with Gasteiger partial charge in [0.1, 0.15) is 40.6 Å². The molecule has 3 aromatic rings. The second-order valence-corrected chi connectivity index (χ2v) is 11.9. The molecule has 0 bridgehead atoms. The van der Waals surface area contributed by atoms with Crippen molar-refractivity contribution in [2.24, 2.45) is 0 Å². The van der Waals surface area contributed by atoms with Crippen molar-refractivity contribution in [3.8, 4) is 17.2 Å². The van der Waals surface area contributed by atoms with Crippen molar-refractivity contribution < 1.29 is 67.8 Å². The molecule has 3 amide bonds. The fourth-order valence-electron chi connectivity index (χ4n) is 5.21. The van der Waals surface area contributed by atoms with E-state index in [9.17, 15) is 48.9 Å². The number of aliphatic carboxylic acids is 2. The molecule has 2 aliphatic rings. The van der Waals surface area contributed by atoms with Crippen LogP contribution in [0.25, 0.3) is 11.0 Å². The lowest BCUT2D eigenvalue weighted by molar-refractivity contribution is -0.193. The Morgan fingerprint density at radius 2 is 1.74 bits per heavy atom. The number of β-lactam (4-membered cyclic amide) rings is 1. The summed E-state index contributed by atoms with van der Waals surface area (Å²) in [6.45, 7) is 0.0696. The third-order valence-electron chi connectivity index (χ3n) is 7.58. The van der Waals surface area contributed by atoms with E-state index in [0.717, 1.165) is 48.9 Å². The second-order valence-electron chi connectivity index (χ2n) is 10.8. The number of nitrogens with one attached hydrogen (secondary N) is 2. The quantitative estimate of drug-likeness (QED) is 0.0488. The van der Waals surface area contributed by atoms with Crippen LogP contribution in [0.15, 0.2) is 62.9 Å². The molecule has 2 aliphatic heterocycles. The number of phenols is 2. The number of benzene rings is 2. The number of rotatable bonds is 12. The van der Waals surface area contributed by atoms with Gasteiger partial charge in [0.25, 0.3) is 17.5 Å². The molecule has 50 heavy (non-hydrogen) atoms. The summed E-state index contributed by atoms with van der Waals surface area (Å²) >= 11 is 1.01. The Bertz CT molecular complexity index is 2030. The average Bonchev–Trinajstić information content (AvgIpc) is 3.07. The minimum absolute atomic E-state index is 0.0205. The number of hydrogen-bond donors (Lipinski definition) is 6. The topological polar surface area (TPSA) is 269 Å². The molecule has 18 nitrogen and oxygen atoms in total. The molecule has 5 rings (SSSR count). The van der Waals surface area contributed by atoms with Crippen LogP contribution in [0.3, 0.4) is 0 Å². The molecule has 1 saturated heterocycles. The van der Waals surface area contributed by atoms with Crippen LogP contribution >= 0.6 is 11.8 Å². The number of amides is 3. The van der Waals surface area contributed by atoms with Crippen molar-refractivity contribution >= 4 is 58.4 Å². The molecule has 3 heterocycles. The first-order valence-electron chi connectivity index (χ1n) is 14.3. The van der Waals surface area contributed by atoms with Gasteiger partial charge in [-0.25, -0.2) is 14.4 Å². The number of carbonyl (C=O) groups is 6. The van der Waals surface area contributed by atoms with Gasteiger partial charge in [-0.2, -0.15) is 0 Å². The highest BCUT2D eigenvalue weighted by Gasteiger charge is 2.67. The Balaban J connectivity index is 1.47. The number of carbonyl (C=O) groups excluding carboxylic acids is 4. The number of ether oxygens (including phenoxy) is 3. The molecule has 0 radical (unpaired) electrons. The van der Waals surface area contributed by atoms with Gasteiger partial charge in [0.2, 0.25) is 5.91 Å². The smallest absolute Gasteiger partial charge is 0.352 e. The van der Waals surface area contributed by atoms with E-state index in [-0.39, 0.29) is 33.6 Å². The maximum atomic E-state index is 14.0. The summed E-state index contributed by atoms with van der Waals surface area (Å²) in [7, 11) is 1.10. The van der Waals surface area contributed by atoms with Gasteiger partial charge in [0.05, 0.1) is 0 Å². The normalized spacial score (nSPS) is 18.8. The van der Waals surface area contributed by atoms with Crippen LogP contribution in [0.1, 0.15) is 28.9 Å². The van der Waals surface area contributed by atoms with Crippen LogP contribution in [0.2, 0.25) is 0 Å². The fraction of sp³-hybridized carbons (Fsp3) is 0.258. The maximum Gasteiger partial charge on any atom is 0.352 e. The molecular weight excluding hydrogens is 686 g/mol. The highest BCUT2D eigenvalue weighted by atomic mass is 32.2. The maximum absolute atomic E-state index is 14.0. The highest BCUT2D eigenvalue weighted by Crippen LogP contribution is 2.47. The van der Waals surface area contributed by atoms with Crippen molar-refractivity contribution in [3.63, 3.8) is 0 Å². The lowest BCUT2D eigenvalue weighted by Gasteiger charge is -2.56. The molecule has 262 valence electrons. The first-order valence-corrected chi connectivity index (χ1v) is 15.4. The van der Waals surface area contributed by atoms with Crippen LogP contribution in [0, 0.1) is 0 Å². The first-order chi connectivity index (χ1) is 23.7. The molecular formula is C31H27N3O15S. The summed E-state index contributed by atoms with van der Waals surface area (Å²) in [5, 5.41) is 42.2. The molecule has 0 spiro atoms. The van der Waals surface area contributed by atoms with Gasteiger partial charge in [0, 0.05) is 36.8 Å². The SMILES string of the molecule is CO[C@@]1(NC(=O)C(NC(=O)c2cc3cc(O)c(O)cc3oc2=O)c2ccc(OCC(=O)O)cc2)C(=O)N2C(C(=O)O)=C(COC(C)=O)CS[C@@H]21. The Hall–Kier alpha value is -6.08. The minimum Gasteiger partial charge on any atom is -0.504 e. The number of nitrogens with zero attached hydrogens (tertiary/aromatic N) is 1. The Morgan fingerprint density at radius 3 is 2.36 bits per heavy atom. The zero-order valence-corrected chi connectivity index (χ0v) is 26.8. The Kier molecular flexibility index (Phi) is 9.73. The molecule has 6 N–H and O–H groups in total. The predicted molar refractivity (Wildman–Crippen MR) is 168 cm³/mol. The second kappa shape index (κ2) is 13.8. The van der Waals surface area contributed by atoms with Crippen molar-refractivity contribution in [1.82, 2.24) is 15.5 Å². The van der Waals surface area contributed by atoms with E-state index in [4.69, 9.17) is 23.7 Å². The highest BCUT2D eigenvalue weighted by molar-refractivity contribution is 8.00. The van der Waals surface area contributed by atoms with E-state index >= 15 is 0 Å². The van der Waals surface area contributed by atoms with Crippen molar-refractivity contribution in [1.29, 1.82) is 0 Å². The number of methoxy groups -OCH3 is 1. The summed E-state index contributed by atoms with van der Waals surface area (Å²) in [6.07, 6.45) is 0. The molecule has 2 aromatic carbocycles. The first kappa shape index (κ1) is 35.2. The van der Waals surface area contributed by atoms with Crippen molar-refractivity contribution in [2.75, 3.05) is 26.1 Å². The van der Waals surface area contributed by atoms with Gasteiger partial charge in [-0.1, -0.05) is 12.1 Å². The predicted octanol–water partition coefficient (Wildman–Crippen LogP) is 0.415. The van der Waals surface area contributed by atoms with Crippen molar-refractivity contribution in [3.05, 3.63) is 75.3 Å². The molecule has 0 aliphatic carbocycles. The van der Waals surface area contributed by atoms with E-state index in [0.29, 0.717) is 0 Å². The largest absolute Gasteiger partial charge is 0.504 e. The number of carboxylic acid groups (broad SMARTS) is 2. The van der Waals surface area contributed by atoms with Gasteiger partial charge in [-0.05, 0) is 29.8 Å². The van der Waals surface area contributed by atoms with Crippen LogP contribution in [-0.2, 0) is 33.4 Å². The fourth-order valence-corrected chi connectivity index (χ4v) is 6.63. The van der Waals surface area contributed by atoms with Gasteiger partial charge in [-0.3, -0.25) is 24.1 Å². The minimum atomic E-state index is -2.13. The van der Waals surface area contributed by atoms with E-state index < -0.39 is 94.4 Å². The number of carboxylic acids is 2. The lowest BCUT2D eigenvalue weighted by atomic mass is 9.96. The van der Waals surface area contributed by atoms with Crippen LogP contribution < -0.4 is 21.0 Å². The van der Waals surface area contributed by atoms with Crippen molar-refractivity contribution in [2.45, 2.75) is 24.1 Å². The number of hydrogen-bond acceptors (Lipinski definition) is 14. The monoisotopic (exact) mass is 713 g/mol. The zero-order chi connectivity index (χ0) is 36.5. The van der Waals surface area contributed by atoms with E-state index in [1.165, 1.54) is 24.3 Å². The number of esters is 1. The third-order valence-corrected chi connectivity index (χ3v) is 8.95. The number of phenolic OH excluding ortho intramolecular Hbond substituents is 2. The lowest BCUT2D eigenvalue weighted by Crippen LogP contribution is -2.81. The summed E-state index contributed by atoms with van der Waals surface area (Å²) in [5.74, 6) is -7.65. The number of aromatic hydroxyl groups is 2. The number of fused-ring (bicyclic) bond motifs is 2. The summed E-state index contributed by atoms with van der Waals surface area (Å²) in [5.41, 5.74) is -4.31. The molecule has 3 atom stereocenters. The Morgan fingerprint density at radius 1 is 1.06 bits per heavy atom. The van der Waals surface area contributed by atoms with Gasteiger partial charge >= 0.3 is 23.5 Å². The molecule has 0 saturated carbocycles. The molecule has 1 fully saturated rings. The van der Waals surface area contributed by atoms with E-state index in [1.54, 1.807) is 0 Å². The molecule has 1 unspecified atom stereocenters. The molecule has 1 aromatic heterocycles. The van der Waals surface area contributed by atoms with E-state index in [2.05, 4.69) is 10.6 Å². The van der Waals surface area contributed by atoms with Crippen LogP contribution in [-0.4, -0.2) is 98.1 Å². The Labute approximate surface area is 284 Å². The van der Waals surface area contributed by atoms with Gasteiger partial charge < -0.3 is 49.7 Å². The summed E-state index contributed by atoms with van der Waals surface area (Å²) < 4.78 is 20.7. The van der Waals surface area contributed by atoms with Crippen LogP contribution in [0.4, 0.5) is 0 Å². The van der Waals surface area contributed by atoms with Gasteiger partial charge in [0.15, 0.2) is 18.1 Å².